The molecule has 2 amide bonds. The number of benzene rings is 1. The number of likely N-dealkylation sites (tertiary alicyclic amines) is 1. The molecule has 2 aromatic rings. The van der Waals surface area contributed by atoms with Gasteiger partial charge in [-0.2, -0.15) is 0 Å². The van der Waals surface area contributed by atoms with Crippen LogP contribution in [-0.2, 0) is 7.05 Å². The van der Waals surface area contributed by atoms with E-state index >= 15 is 0 Å². The zero-order valence-corrected chi connectivity index (χ0v) is 14.8. The SMILES string of the molecule is COc1cccc(C(=O)Nc2cc(C(=O)N3CCCC3)cn(C)c2=O)c1. The average Bonchev–Trinajstić information content (AvgIpc) is 3.19. The van der Waals surface area contributed by atoms with Crippen LogP contribution < -0.4 is 15.6 Å². The molecular weight excluding hydrogens is 334 g/mol. The lowest BCUT2D eigenvalue weighted by Crippen LogP contribution is -2.30. The molecule has 1 N–H and O–H groups in total. The van der Waals surface area contributed by atoms with Gasteiger partial charge in [0, 0.05) is 31.9 Å². The van der Waals surface area contributed by atoms with E-state index in [1.807, 2.05) is 0 Å². The fourth-order valence-electron chi connectivity index (χ4n) is 2.98. The summed E-state index contributed by atoms with van der Waals surface area (Å²) < 4.78 is 6.42. The summed E-state index contributed by atoms with van der Waals surface area (Å²) in [6.07, 6.45) is 3.47. The topological polar surface area (TPSA) is 80.6 Å². The van der Waals surface area contributed by atoms with E-state index in [0.29, 0.717) is 30.0 Å². The molecule has 1 aliphatic rings. The quantitative estimate of drug-likeness (QED) is 0.908. The molecule has 2 heterocycles. The largest absolute Gasteiger partial charge is 0.497 e. The van der Waals surface area contributed by atoms with Crippen LogP contribution in [0.4, 0.5) is 5.69 Å². The van der Waals surface area contributed by atoms with Crippen LogP contribution >= 0.6 is 0 Å². The molecule has 0 atom stereocenters. The Kier molecular flexibility index (Phi) is 5.06. The summed E-state index contributed by atoms with van der Waals surface area (Å²) in [6.45, 7) is 1.43. The highest BCUT2D eigenvalue weighted by atomic mass is 16.5. The predicted octanol–water partition coefficient (Wildman–Crippen LogP) is 1.88. The molecule has 0 unspecified atom stereocenters. The van der Waals surface area contributed by atoms with Crippen molar-refractivity contribution in [3.8, 4) is 5.75 Å². The van der Waals surface area contributed by atoms with Crippen LogP contribution in [0, 0.1) is 0 Å². The number of nitrogens with zero attached hydrogens (tertiary/aromatic N) is 2. The molecule has 0 spiro atoms. The minimum Gasteiger partial charge on any atom is -0.497 e. The van der Waals surface area contributed by atoms with Crippen molar-refractivity contribution in [3.05, 3.63) is 58.0 Å². The Morgan fingerprint density at radius 3 is 2.54 bits per heavy atom. The fourth-order valence-corrected chi connectivity index (χ4v) is 2.98. The van der Waals surface area contributed by atoms with Crippen molar-refractivity contribution in [2.45, 2.75) is 12.8 Å². The van der Waals surface area contributed by atoms with E-state index in [1.54, 1.807) is 36.2 Å². The van der Waals surface area contributed by atoms with Crippen molar-refractivity contribution >= 4 is 17.5 Å². The Morgan fingerprint density at radius 1 is 1.12 bits per heavy atom. The first kappa shape index (κ1) is 17.7. The Morgan fingerprint density at radius 2 is 1.85 bits per heavy atom. The molecule has 7 heteroatoms. The number of rotatable bonds is 4. The molecule has 1 aromatic carbocycles. The second-order valence-corrected chi connectivity index (χ2v) is 6.24. The van der Waals surface area contributed by atoms with Crippen LogP contribution in [0.2, 0.25) is 0 Å². The number of anilines is 1. The number of pyridine rings is 1. The third-order valence-corrected chi connectivity index (χ3v) is 4.40. The lowest BCUT2D eigenvalue weighted by molar-refractivity contribution is 0.0791. The number of amides is 2. The lowest BCUT2D eigenvalue weighted by Gasteiger charge is -2.16. The van der Waals surface area contributed by atoms with Crippen LogP contribution in [0.15, 0.2) is 41.3 Å². The van der Waals surface area contributed by atoms with Crippen LogP contribution in [0.1, 0.15) is 33.6 Å². The molecular formula is C19H21N3O4. The molecule has 26 heavy (non-hydrogen) atoms. The van der Waals surface area contributed by atoms with Gasteiger partial charge in [-0.3, -0.25) is 14.4 Å². The highest BCUT2D eigenvalue weighted by Crippen LogP contribution is 2.16. The Labute approximate surface area is 151 Å². The normalized spacial score (nSPS) is 13.5. The summed E-state index contributed by atoms with van der Waals surface area (Å²) in [6, 6.07) is 8.08. The number of carbonyl (C=O) groups excluding carboxylic acids is 2. The molecule has 1 saturated heterocycles. The highest BCUT2D eigenvalue weighted by Gasteiger charge is 2.21. The van der Waals surface area contributed by atoms with Gasteiger partial charge in [0.1, 0.15) is 11.4 Å². The van der Waals surface area contributed by atoms with Crippen molar-refractivity contribution in [2.24, 2.45) is 7.05 Å². The molecule has 0 bridgehead atoms. The third kappa shape index (κ3) is 3.61. The molecule has 1 aromatic heterocycles. The van der Waals surface area contributed by atoms with Crippen molar-refractivity contribution < 1.29 is 14.3 Å². The standard InChI is InChI=1S/C19H21N3O4/c1-21-12-14(18(24)22-8-3-4-9-22)11-16(19(21)25)20-17(23)13-6-5-7-15(10-13)26-2/h5-7,10-12H,3-4,8-9H2,1-2H3,(H,20,23). The summed E-state index contributed by atoms with van der Waals surface area (Å²) in [4.78, 5) is 39.2. The van der Waals surface area contributed by atoms with Gasteiger partial charge in [0.15, 0.2) is 0 Å². The van der Waals surface area contributed by atoms with Crippen LogP contribution in [0.25, 0.3) is 0 Å². The van der Waals surface area contributed by atoms with Gasteiger partial charge in [-0.1, -0.05) is 6.07 Å². The van der Waals surface area contributed by atoms with Gasteiger partial charge in [0.25, 0.3) is 17.4 Å². The molecule has 0 aliphatic carbocycles. The summed E-state index contributed by atoms with van der Waals surface area (Å²) >= 11 is 0. The van der Waals surface area contributed by atoms with Gasteiger partial charge in [0.05, 0.1) is 12.7 Å². The summed E-state index contributed by atoms with van der Waals surface area (Å²) in [5.41, 5.74) is 0.446. The molecule has 1 fully saturated rings. The Bertz CT molecular complexity index is 898. The number of hydrogen-bond donors (Lipinski definition) is 1. The summed E-state index contributed by atoms with van der Waals surface area (Å²) in [7, 11) is 3.07. The van der Waals surface area contributed by atoms with E-state index in [4.69, 9.17) is 4.74 Å². The molecule has 1 aliphatic heterocycles. The number of ether oxygens (including phenoxy) is 1. The smallest absolute Gasteiger partial charge is 0.274 e. The molecule has 0 radical (unpaired) electrons. The number of nitrogens with one attached hydrogen (secondary N) is 1. The highest BCUT2D eigenvalue weighted by molar-refractivity contribution is 6.05. The van der Waals surface area contributed by atoms with Crippen molar-refractivity contribution in [2.75, 3.05) is 25.5 Å². The van der Waals surface area contributed by atoms with E-state index in [9.17, 15) is 14.4 Å². The number of hydrogen-bond acceptors (Lipinski definition) is 4. The predicted molar refractivity (Wildman–Crippen MR) is 97.8 cm³/mol. The van der Waals surface area contributed by atoms with Gasteiger partial charge < -0.3 is 19.5 Å². The molecule has 7 nitrogen and oxygen atoms in total. The first-order chi connectivity index (χ1) is 12.5. The van der Waals surface area contributed by atoms with E-state index in [1.165, 1.54) is 23.9 Å². The van der Waals surface area contributed by atoms with Crippen LogP contribution in [0.3, 0.4) is 0 Å². The van der Waals surface area contributed by atoms with Crippen molar-refractivity contribution in [1.82, 2.24) is 9.47 Å². The Hall–Kier alpha value is -3.09. The molecule has 136 valence electrons. The number of aromatic nitrogens is 1. The Balaban J connectivity index is 1.88. The number of methoxy groups -OCH3 is 1. The van der Waals surface area contributed by atoms with Gasteiger partial charge in [-0.25, -0.2) is 0 Å². The van der Waals surface area contributed by atoms with Crippen molar-refractivity contribution in [1.29, 1.82) is 0 Å². The minimum absolute atomic E-state index is 0.0744. The number of carbonyl (C=O) groups is 2. The monoisotopic (exact) mass is 355 g/mol. The van der Waals surface area contributed by atoms with Gasteiger partial charge >= 0.3 is 0 Å². The first-order valence-electron chi connectivity index (χ1n) is 8.45. The first-order valence-corrected chi connectivity index (χ1v) is 8.45. The summed E-state index contributed by atoms with van der Waals surface area (Å²) in [5, 5.41) is 2.61. The lowest BCUT2D eigenvalue weighted by atomic mass is 10.2. The maximum absolute atomic E-state index is 12.6. The second kappa shape index (κ2) is 7.43. The van der Waals surface area contributed by atoms with Crippen molar-refractivity contribution in [3.63, 3.8) is 0 Å². The maximum Gasteiger partial charge on any atom is 0.274 e. The fraction of sp³-hybridized carbons (Fsp3) is 0.316. The van der Waals surface area contributed by atoms with Gasteiger partial charge in [-0.15, -0.1) is 0 Å². The van der Waals surface area contributed by atoms with E-state index in [0.717, 1.165) is 12.8 Å². The zero-order chi connectivity index (χ0) is 18.7. The van der Waals surface area contributed by atoms with Gasteiger partial charge in [0.2, 0.25) is 0 Å². The van der Waals surface area contributed by atoms with E-state index in [2.05, 4.69) is 5.32 Å². The van der Waals surface area contributed by atoms with Gasteiger partial charge in [-0.05, 0) is 37.1 Å². The third-order valence-electron chi connectivity index (χ3n) is 4.40. The van der Waals surface area contributed by atoms with Crippen LogP contribution in [-0.4, -0.2) is 41.5 Å². The van der Waals surface area contributed by atoms with E-state index < -0.39 is 5.91 Å². The number of aryl methyl sites for hydroxylation is 1. The molecule has 0 saturated carbocycles. The maximum atomic E-state index is 12.6. The zero-order valence-electron chi connectivity index (χ0n) is 14.8. The second-order valence-electron chi connectivity index (χ2n) is 6.24. The molecule has 3 rings (SSSR count). The summed E-state index contributed by atoms with van der Waals surface area (Å²) in [5.74, 6) is -0.0229. The minimum atomic E-state index is -0.438. The van der Waals surface area contributed by atoms with Crippen LogP contribution in [0.5, 0.6) is 5.75 Å². The average molecular weight is 355 g/mol. The van der Waals surface area contributed by atoms with E-state index in [-0.39, 0.29) is 17.2 Å².